The lowest BCUT2D eigenvalue weighted by Crippen LogP contribution is -2.16. The van der Waals surface area contributed by atoms with Gasteiger partial charge in [0.05, 0.1) is 0 Å². The van der Waals surface area contributed by atoms with Gasteiger partial charge in [-0.3, -0.25) is 0 Å². The van der Waals surface area contributed by atoms with Gasteiger partial charge in [0, 0.05) is 22.4 Å². The van der Waals surface area contributed by atoms with E-state index >= 15 is 0 Å². The molecule has 0 N–H and O–H groups in total. The number of alkyl halides is 1. The van der Waals surface area contributed by atoms with Gasteiger partial charge in [0.2, 0.25) is 0 Å². The second kappa shape index (κ2) is 6.71. The summed E-state index contributed by atoms with van der Waals surface area (Å²) in [5.41, 5.74) is 5.90. The first kappa shape index (κ1) is 17.5. The molecule has 108 valence electrons. The Morgan fingerprint density at radius 1 is 1.35 bits per heavy atom. The maximum absolute atomic E-state index is 3.67. The fourth-order valence-electron chi connectivity index (χ4n) is 2.82. The van der Waals surface area contributed by atoms with Crippen LogP contribution in [0, 0.1) is 3.57 Å². The van der Waals surface area contributed by atoms with E-state index in [1.165, 1.54) is 33.9 Å². The molecule has 0 radical (unpaired) electrons. The molecule has 20 heavy (non-hydrogen) atoms. The quantitative estimate of drug-likeness (QED) is 0.247. The zero-order valence-corrected chi connectivity index (χ0v) is 19.1. The molecule has 0 spiro atoms. The second-order valence-corrected chi connectivity index (χ2v) is 9.37. The predicted molar refractivity (Wildman–Crippen MR) is 113 cm³/mol. The van der Waals surface area contributed by atoms with Gasteiger partial charge in [0.15, 0.2) is 0 Å². The van der Waals surface area contributed by atoms with Crippen LogP contribution in [0.5, 0.6) is 0 Å². The summed E-state index contributed by atoms with van der Waals surface area (Å²) < 4.78 is 3.82. The molecule has 1 aliphatic rings. The molecule has 0 unspecified atom stereocenters. The van der Waals surface area contributed by atoms with Crippen LogP contribution in [0.15, 0.2) is 31.8 Å². The monoisotopic (exact) mass is 620 g/mol. The molecule has 0 bridgehead atoms. The molecule has 0 amide bonds. The Bertz CT molecular complexity index is 613. The van der Waals surface area contributed by atoms with Gasteiger partial charge in [-0.1, -0.05) is 36.7 Å². The number of hydrogen-bond acceptors (Lipinski definition) is 0. The molecule has 1 aromatic rings. The van der Waals surface area contributed by atoms with Gasteiger partial charge >= 0.3 is 0 Å². The van der Waals surface area contributed by atoms with E-state index in [2.05, 4.69) is 116 Å². The summed E-state index contributed by atoms with van der Waals surface area (Å²) in [6, 6.07) is 4.62. The van der Waals surface area contributed by atoms with Crippen LogP contribution < -0.4 is 0 Å². The number of allylic oxidation sites excluding steroid dienone is 4. The van der Waals surface area contributed by atoms with Crippen molar-refractivity contribution in [3.8, 4) is 0 Å². The Morgan fingerprint density at radius 2 is 2.00 bits per heavy atom. The van der Waals surface area contributed by atoms with Crippen molar-refractivity contribution >= 4 is 82.6 Å². The topological polar surface area (TPSA) is 0 Å². The molecule has 0 heterocycles. The molecule has 0 fully saturated rings. The molecule has 0 saturated carbocycles. The van der Waals surface area contributed by atoms with Crippen LogP contribution >= 0.6 is 77.0 Å². The lowest BCUT2D eigenvalue weighted by molar-refractivity contribution is 0.652. The maximum atomic E-state index is 3.67. The van der Waals surface area contributed by atoms with Gasteiger partial charge in [0.25, 0.3) is 0 Å². The van der Waals surface area contributed by atoms with Crippen LogP contribution in [0.25, 0.3) is 5.57 Å². The van der Waals surface area contributed by atoms with E-state index in [1.807, 2.05) is 0 Å². The third-order valence-electron chi connectivity index (χ3n) is 3.84. The summed E-state index contributed by atoms with van der Waals surface area (Å²) in [4.78, 5) is 0. The van der Waals surface area contributed by atoms with Gasteiger partial charge in [-0.2, -0.15) is 0 Å². The van der Waals surface area contributed by atoms with Crippen LogP contribution in [0.2, 0.25) is 0 Å². The lowest BCUT2D eigenvalue weighted by Gasteiger charge is -2.23. The Balaban J connectivity index is 2.71. The number of hydrogen-bond donors (Lipinski definition) is 0. The van der Waals surface area contributed by atoms with Crippen molar-refractivity contribution < 1.29 is 0 Å². The largest absolute Gasteiger partial charge is 0.0871 e. The molecule has 0 aliphatic heterocycles. The van der Waals surface area contributed by atoms with Gasteiger partial charge < -0.3 is 0 Å². The van der Waals surface area contributed by atoms with E-state index in [4.69, 9.17) is 0 Å². The van der Waals surface area contributed by atoms with Crippen molar-refractivity contribution in [1.29, 1.82) is 0 Å². The van der Waals surface area contributed by atoms with Gasteiger partial charge in [-0.25, -0.2) is 0 Å². The van der Waals surface area contributed by atoms with Crippen molar-refractivity contribution in [2.45, 2.75) is 32.6 Å². The molecule has 0 atom stereocenters. The van der Waals surface area contributed by atoms with Crippen LogP contribution in [0.1, 0.15) is 38.3 Å². The minimum Gasteiger partial charge on any atom is -0.0871 e. The number of rotatable bonds is 3. The number of benzene rings is 1. The maximum Gasteiger partial charge on any atom is 0.0341 e. The first-order valence-corrected chi connectivity index (χ1v) is 10.6. The summed E-state index contributed by atoms with van der Waals surface area (Å²) >= 11 is 12.0. The van der Waals surface area contributed by atoms with Crippen LogP contribution in [0.3, 0.4) is 0 Å². The van der Waals surface area contributed by atoms with Crippen molar-refractivity contribution in [1.82, 2.24) is 0 Å². The third-order valence-corrected chi connectivity index (χ3v) is 8.47. The molecule has 0 saturated heterocycles. The highest BCUT2D eigenvalue weighted by Crippen LogP contribution is 2.49. The average molecular weight is 622 g/mol. The second-order valence-electron chi connectivity index (χ2n) is 5.41. The Morgan fingerprint density at radius 3 is 2.55 bits per heavy atom. The molecular formula is C16H16Br2I2. The minimum absolute atomic E-state index is 0.0832. The average Bonchev–Trinajstić information content (AvgIpc) is 2.59. The Hall–Kier alpha value is 1.12. The molecular weight excluding hydrogens is 606 g/mol. The van der Waals surface area contributed by atoms with Crippen LogP contribution in [0.4, 0.5) is 0 Å². The molecule has 0 aromatic heterocycles. The van der Waals surface area contributed by atoms with E-state index in [0.717, 1.165) is 11.8 Å². The van der Waals surface area contributed by atoms with E-state index in [1.54, 1.807) is 0 Å². The molecule has 2 rings (SSSR count). The third kappa shape index (κ3) is 3.08. The first-order valence-electron chi connectivity index (χ1n) is 6.48. The van der Waals surface area contributed by atoms with Crippen LogP contribution in [-0.4, -0.2) is 5.33 Å². The fraction of sp³-hybridized carbons (Fsp3) is 0.375. The van der Waals surface area contributed by atoms with E-state index in [-0.39, 0.29) is 5.41 Å². The smallest absolute Gasteiger partial charge is 0.0341 e. The summed E-state index contributed by atoms with van der Waals surface area (Å²) in [6.07, 6.45) is 3.43. The standard InChI is InChI=1S/C16H16Br2I2/c1-4-10-11-6-14(18)15(20)7-13(11)16(2,3)12(10)5-9(19)8-17/h5-7H,4,8H2,1-3H3/b9-5+. The zero-order valence-electron chi connectivity index (χ0n) is 11.7. The van der Waals surface area contributed by atoms with Crippen molar-refractivity contribution in [2.75, 3.05) is 5.33 Å². The van der Waals surface area contributed by atoms with Gasteiger partial charge in [0.1, 0.15) is 0 Å². The normalized spacial score (nSPS) is 17.6. The molecule has 1 aliphatic carbocycles. The summed E-state index contributed by atoms with van der Waals surface area (Å²) in [6.45, 7) is 6.92. The fourth-order valence-corrected chi connectivity index (χ4v) is 4.11. The summed E-state index contributed by atoms with van der Waals surface area (Å²) in [5.74, 6) is 0. The van der Waals surface area contributed by atoms with Crippen molar-refractivity contribution in [3.63, 3.8) is 0 Å². The highest BCUT2D eigenvalue weighted by molar-refractivity contribution is 14.1. The molecule has 4 heteroatoms. The van der Waals surface area contributed by atoms with Gasteiger partial charge in [-0.15, -0.1) is 0 Å². The summed E-state index contributed by atoms with van der Waals surface area (Å²) in [7, 11) is 0. The number of halogens is 4. The van der Waals surface area contributed by atoms with E-state index in [9.17, 15) is 0 Å². The predicted octanol–water partition coefficient (Wildman–Crippen LogP) is 7.22. The highest BCUT2D eigenvalue weighted by atomic mass is 127. The van der Waals surface area contributed by atoms with E-state index < -0.39 is 0 Å². The molecule has 0 nitrogen and oxygen atoms in total. The minimum atomic E-state index is 0.0832. The Labute approximate surface area is 165 Å². The SMILES string of the molecule is CCC1=C(/C=C(/I)CBr)C(C)(C)c2cc(I)c(Br)cc21. The van der Waals surface area contributed by atoms with Crippen molar-refractivity contribution in [2.24, 2.45) is 0 Å². The highest BCUT2D eigenvalue weighted by Gasteiger charge is 2.36. The zero-order chi connectivity index (χ0) is 15.1. The van der Waals surface area contributed by atoms with Crippen molar-refractivity contribution in [3.05, 3.63) is 46.5 Å². The summed E-state index contributed by atoms with van der Waals surface area (Å²) in [5, 5.41) is 0.918. The first-order chi connectivity index (χ1) is 9.32. The number of fused-ring (bicyclic) bond motifs is 1. The van der Waals surface area contributed by atoms with Crippen LogP contribution in [-0.2, 0) is 5.41 Å². The molecule has 1 aromatic carbocycles. The lowest BCUT2D eigenvalue weighted by atomic mass is 9.81. The Kier molecular flexibility index (Phi) is 5.86. The van der Waals surface area contributed by atoms with E-state index in [0.29, 0.717) is 0 Å². The van der Waals surface area contributed by atoms with Gasteiger partial charge in [-0.05, 0) is 108 Å².